The molecule has 4 heterocycles. The Morgan fingerprint density at radius 3 is 3.00 bits per heavy atom. The third kappa shape index (κ3) is 2.68. The molecule has 5 rings (SSSR count). The van der Waals surface area contributed by atoms with Gasteiger partial charge in [-0.3, -0.25) is 9.89 Å². The van der Waals surface area contributed by atoms with Crippen LogP contribution in [-0.4, -0.2) is 41.5 Å². The van der Waals surface area contributed by atoms with Gasteiger partial charge in [-0.15, -0.1) is 11.3 Å². The summed E-state index contributed by atoms with van der Waals surface area (Å²) >= 11 is 1.44. The average molecular weight is 404 g/mol. The normalized spacial score (nSPS) is 11.6. The lowest BCUT2D eigenvalue weighted by Gasteiger charge is -2.07. The smallest absolute Gasteiger partial charge is 0.291 e. The van der Waals surface area contributed by atoms with Crippen LogP contribution >= 0.6 is 11.3 Å². The van der Waals surface area contributed by atoms with E-state index in [1.165, 1.54) is 16.0 Å². The van der Waals surface area contributed by atoms with Gasteiger partial charge in [-0.2, -0.15) is 10.2 Å². The number of fused-ring (bicyclic) bond motifs is 4. The van der Waals surface area contributed by atoms with Crippen molar-refractivity contribution in [3.63, 3.8) is 0 Å². The second kappa shape index (κ2) is 6.45. The number of thiazole rings is 1. The Bertz CT molecular complexity index is 1490. The monoisotopic (exact) mass is 404 g/mol. The largest absolute Gasteiger partial charge is 0.323 e. The molecule has 0 amide bonds. The molecule has 9 nitrogen and oxygen atoms in total. The van der Waals surface area contributed by atoms with E-state index in [0.29, 0.717) is 24.1 Å². The molecule has 0 bridgehead atoms. The number of nitrogens with zero attached hydrogens (tertiary/aromatic N) is 5. The van der Waals surface area contributed by atoms with Gasteiger partial charge in [0, 0.05) is 30.5 Å². The molecule has 0 spiro atoms. The van der Waals surface area contributed by atoms with Crippen molar-refractivity contribution in [2.45, 2.75) is 13.0 Å². The highest BCUT2D eigenvalue weighted by Crippen LogP contribution is 2.31. The fourth-order valence-electron chi connectivity index (χ4n) is 3.56. The molecular formula is C19H16N8OS. The van der Waals surface area contributed by atoms with Crippen molar-refractivity contribution < 1.29 is 0 Å². The maximum atomic E-state index is 13.2. The molecule has 144 valence electrons. The lowest BCUT2D eigenvalue weighted by atomic mass is 10.1. The predicted octanol–water partition coefficient (Wildman–Crippen LogP) is 2.48. The third-order valence-corrected chi connectivity index (χ3v) is 6.06. The zero-order chi connectivity index (χ0) is 20.1. The van der Waals surface area contributed by atoms with Crippen LogP contribution in [0, 0.1) is 10.8 Å². The van der Waals surface area contributed by atoms with Gasteiger partial charge < -0.3 is 15.4 Å². The van der Waals surface area contributed by atoms with E-state index in [1.807, 2.05) is 25.2 Å². The summed E-state index contributed by atoms with van der Waals surface area (Å²) in [6.07, 6.45) is 4.79. The van der Waals surface area contributed by atoms with Gasteiger partial charge in [0.2, 0.25) is 0 Å². The van der Waals surface area contributed by atoms with Gasteiger partial charge in [0.1, 0.15) is 10.5 Å². The number of nitrogens with one attached hydrogen (secondary N) is 3. The van der Waals surface area contributed by atoms with E-state index in [2.05, 4.69) is 20.3 Å². The summed E-state index contributed by atoms with van der Waals surface area (Å²) in [5.74, 6) is 0. The van der Waals surface area contributed by atoms with E-state index in [1.54, 1.807) is 17.0 Å². The summed E-state index contributed by atoms with van der Waals surface area (Å²) < 4.78 is 4.13. The second-order valence-electron chi connectivity index (χ2n) is 6.78. The molecular weight excluding hydrogens is 388 g/mol. The summed E-state index contributed by atoms with van der Waals surface area (Å²) in [4.78, 5) is 17.7. The minimum atomic E-state index is -0.176. The predicted molar refractivity (Wildman–Crippen MR) is 114 cm³/mol. The number of aromatic nitrogens is 6. The zero-order valence-electron chi connectivity index (χ0n) is 15.4. The van der Waals surface area contributed by atoms with Crippen LogP contribution in [0.3, 0.4) is 0 Å². The Hall–Kier alpha value is -3.66. The molecule has 10 heteroatoms. The van der Waals surface area contributed by atoms with Crippen LogP contribution in [0.4, 0.5) is 0 Å². The number of benzene rings is 1. The van der Waals surface area contributed by atoms with E-state index >= 15 is 0 Å². The van der Waals surface area contributed by atoms with Gasteiger partial charge in [-0.25, -0.2) is 9.67 Å². The highest BCUT2D eigenvalue weighted by Gasteiger charge is 2.19. The SMILES string of the molecule is Cn1c2nc(CC(=N)C=N)sc2c2cnn(Cc3cccc4[nH]ncc34)c(=O)c21. The van der Waals surface area contributed by atoms with Crippen LogP contribution < -0.4 is 5.56 Å². The molecule has 0 aliphatic heterocycles. The molecule has 5 aromatic rings. The maximum absolute atomic E-state index is 13.2. The van der Waals surface area contributed by atoms with Crippen LogP contribution in [0.2, 0.25) is 0 Å². The van der Waals surface area contributed by atoms with Crippen molar-refractivity contribution in [3.05, 3.63) is 51.5 Å². The minimum absolute atomic E-state index is 0.176. The summed E-state index contributed by atoms with van der Waals surface area (Å²) in [6, 6.07) is 5.83. The minimum Gasteiger partial charge on any atom is -0.323 e. The first kappa shape index (κ1) is 17.4. The van der Waals surface area contributed by atoms with Crippen LogP contribution in [0.15, 0.2) is 35.4 Å². The van der Waals surface area contributed by atoms with E-state index in [-0.39, 0.29) is 11.3 Å². The molecule has 0 saturated heterocycles. The highest BCUT2D eigenvalue weighted by atomic mass is 32.1. The molecule has 0 radical (unpaired) electrons. The molecule has 3 N–H and O–H groups in total. The van der Waals surface area contributed by atoms with Crippen LogP contribution in [0.25, 0.3) is 32.2 Å². The molecule has 0 aliphatic rings. The number of rotatable bonds is 5. The van der Waals surface area contributed by atoms with Gasteiger partial charge in [0.05, 0.1) is 34.9 Å². The van der Waals surface area contributed by atoms with Crippen molar-refractivity contribution in [3.8, 4) is 0 Å². The number of hydrogen-bond donors (Lipinski definition) is 3. The molecule has 0 aliphatic carbocycles. The molecule has 0 atom stereocenters. The Balaban J connectivity index is 1.62. The highest BCUT2D eigenvalue weighted by molar-refractivity contribution is 7.19. The average Bonchev–Trinajstić information content (AvgIpc) is 3.41. The molecule has 4 aromatic heterocycles. The first-order valence-corrected chi connectivity index (χ1v) is 9.71. The van der Waals surface area contributed by atoms with Gasteiger partial charge in [0.25, 0.3) is 5.56 Å². The van der Waals surface area contributed by atoms with Gasteiger partial charge in [-0.05, 0) is 11.6 Å². The molecule has 0 fully saturated rings. The van der Waals surface area contributed by atoms with Crippen molar-refractivity contribution in [2.24, 2.45) is 7.05 Å². The van der Waals surface area contributed by atoms with Gasteiger partial charge >= 0.3 is 0 Å². The van der Waals surface area contributed by atoms with Crippen molar-refractivity contribution in [1.82, 2.24) is 29.5 Å². The Morgan fingerprint density at radius 2 is 2.17 bits per heavy atom. The van der Waals surface area contributed by atoms with E-state index < -0.39 is 0 Å². The summed E-state index contributed by atoms with van der Waals surface area (Å²) in [5.41, 5.74) is 3.16. The topological polar surface area (TPSA) is 129 Å². The second-order valence-corrected chi connectivity index (χ2v) is 7.87. The summed E-state index contributed by atoms with van der Waals surface area (Å²) in [6.45, 7) is 0.347. The Labute approximate surface area is 167 Å². The lowest BCUT2D eigenvalue weighted by Crippen LogP contribution is -2.24. The van der Waals surface area contributed by atoms with Crippen LogP contribution in [0.1, 0.15) is 10.6 Å². The van der Waals surface area contributed by atoms with Crippen LogP contribution in [0.5, 0.6) is 0 Å². The third-order valence-electron chi connectivity index (χ3n) is 4.98. The first-order valence-electron chi connectivity index (χ1n) is 8.89. The van der Waals surface area contributed by atoms with E-state index in [0.717, 1.165) is 37.8 Å². The van der Waals surface area contributed by atoms with Crippen molar-refractivity contribution >= 4 is 55.4 Å². The quantitative estimate of drug-likeness (QED) is 0.389. The Kier molecular flexibility index (Phi) is 3.88. The molecule has 29 heavy (non-hydrogen) atoms. The van der Waals surface area contributed by atoms with Gasteiger partial charge in [0.15, 0.2) is 5.65 Å². The summed E-state index contributed by atoms with van der Waals surface area (Å²) in [7, 11) is 1.82. The number of aromatic amines is 1. The fraction of sp³-hybridized carbons (Fsp3) is 0.158. The maximum Gasteiger partial charge on any atom is 0.291 e. The van der Waals surface area contributed by atoms with Crippen molar-refractivity contribution in [2.75, 3.05) is 0 Å². The molecule has 1 aromatic carbocycles. The van der Waals surface area contributed by atoms with E-state index in [9.17, 15) is 4.79 Å². The molecule has 0 saturated carbocycles. The lowest BCUT2D eigenvalue weighted by molar-refractivity contribution is 0.647. The fourth-order valence-corrected chi connectivity index (χ4v) is 4.69. The number of hydrogen-bond acceptors (Lipinski definition) is 7. The number of H-pyrrole nitrogens is 1. The number of aryl methyl sites for hydroxylation is 1. The van der Waals surface area contributed by atoms with Gasteiger partial charge in [-0.1, -0.05) is 12.1 Å². The van der Waals surface area contributed by atoms with Crippen LogP contribution in [-0.2, 0) is 20.0 Å². The molecule has 0 unspecified atom stereocenters. The standard InChI is InChI=1S/C19H16N8OS/c1-26-16-13(17-18(26)24-15(29-17)5-11(21)6-20)8-23-27(19(16)28)9-10-3-2-4-14-12(10)7-22-25-14/h2-4,6-8,20-21H,5,9H2,1H3,(H,22,25). The van der Waals surface area contributed by atoms with Crippen molar-refractivity contribution in [1.29, 1.82) is 10.8 Å². The summed E-state index contributed by atoms with van der Waals surface area (Å²) in [5, 5.41) is 28.7. The zero-order valence-corrected chi connectivity index (χ0v) is 16.2. The first-order chi connectivity index (χ1) is 14.1. The van der Waals surface area contributed by atoms with E-state index in [4.69, 9.17) is 10.8 Å². The Morgan fingerprint density at radius 1 is 1.31 bits per heavy atom.